The third-order valence-electron chi connectivity index (χ3n) is 3.55. The molecule has 100 valence electrons. The number of hydrogen-bond acceptors (Lipinski definition) is 1. The molecule has 0 N–H and O–H groups in total. The van der Waals surface area contributed by atoms with Crippen LogP contribution in [0.25, 0.3) is 22.2 Å². The summed E-state index contributed by atoms with van der Waals surface area (Å²) in [6.07, 6.45) is 0.924. The Bertz CT molecular complexity index is 775. The lowest BCUT2D eigenvalue weighted by molar-refractivity contribution is 0.112. The summed E-state index contributed by atoms with van der Waals surface area (Å²) in [5.41, 5.74) is 3.75. The van der Waals surface area contributed by atoms with E-state index in [4.69, 9.17) is 11.6 Å². The van der Waals surface area contributed by atoms with Gasteiger partial charge in [0.1, 0.15) is 0 Å². The molecule has 1 aromatic heterocycles. The Morgan fingerprint density at radius 2 is 1.90 bits per heavy atom. The van der Waals surface area contributed by atoms with Crippen molar-refractivity contribution >= 4 is 28.8 Å². The Balaban J connectivity index is 2.44. The average Bonchev–Trinajstić information content (AvgIpc) is 2.80. The number of halogens is 1. The molecule has 0 saturated heterocycles. The van der Waals surface area contributed by atoms with Gasteiger partial charge in [0.25, 0.3) is 0 Å². The molecule has 0 atom stereocenters. The third kappa shape index (κ3) is 1.93. The van der Waals surface area contributed by atoms with Crippen molar-refractivity contribution in [2.45, 2.75) is 13.5 Å². The first-order valence-corrected chi connectivity index (χ1v) is 6.96. The number of carbonyl (C=O) groups excluding carboxylic acids is 1. The molecule has 0 aliphatic rings. The Labute approximate surface area is 122 Å². The highest BCUT2D eigenvalue weighted by atomic mass is 35.5. The monoisotopic (exact) mass is 283 g/mol. The van der Waals surface area contributed by atoms with Gasteiger partial charge in [-0.3, -0.25) is 4.79 Å². The average molecular weight is 284 g/mol. The van der Waals surface area contributed by atoms with E-state index in [0.29, 0.717) is 10.6 Å². The van der Waals surface area contributed by atoms with Gasteiger partial charge in [-0.05, 0) is 30.7 Å². The van der Waals surface area contributed by atoms with Crippen LogP contribution in [0.5, 0.6) is 0 Å². The quantitative estimate of drug-likeness (QED) is 0.633. The molecule has 3 aromatic rings. The molecule has 0 aliphatic heterocycles. The minimum atomic E-state index is 0.647. The summed E-state index contributed by atoms with van der Waals surface area (Å²) < 4.78 is 2.16. The van der Waals surface area contributed by atoms with Crippen LogP contribution < -0.4 is 0 Å². The van der Waals surface area contributed by atoms with E-state index in [0.717, 1.165) is 35.0 Å². The minimum Gasteiger partial charge on any atom is -0.340 e. The molecule has 3 heteroatoms. The van der Waals surface area contributed by atoms with Gasteiger partial charge in [-0.1, -0.05) is 41.9 Å². The fraction of sp³-hybridized carbons (Fsp3) is 0.118. The second-order valence-corrected chi connectivity index (χ2v) is 5.09. The van der Waals surface area contributed by atoms with Crippen molar-refractivity contribution in [3.8, 4) is 11.3 Å². The predicted molar refractivity (Wildman–Crippen MR) is 83.4 cm³/mol. The first-order valence-electron chi connectivity index (χ1n) is 6.58. The molecule has 0 unspecified atom stereocenters. The number of aldehydes is 1. The van der Waals surface area contributed by atoms with Gasteiger partial charge >= 0.3 is 0 Å². The lowest BCUT2D eigenvalue weighted by Crippen LogP contribution is -1.97. The lowest BCUT2D eigenvalue weighted by Gasteiger charge is -2.08. The second kappa shape index (κ2) is 5.14. The van der Waals surface area contributed by atoms with Gasteiger partial charge in [-0.15, -0.1) is 0 Å². The van der Waals surface area contributed by atoms with Gasteiger partial charge in [-0.25, -0.2) is 0 Å². The largest absolute Gasteiger partial charge is 0.340 e. The highest BCUT2D eigenvalue weighted by molar-refractivity contribution is 6.31. The molecule has 0 radical (unpaired) electrons. The van der Waals surface area contributed by atoms with E-state index >= 15 is 0 Å². The van der Waals surface area contributed by atoms with Crippen LogP contribution in [0.4, 0.5) is 0 Å². The van der Waals surface area contributed by atoms with Crippen LogP contribution in [0.3, 0.4) is 0 Å². The van der Waals surface area contributed by atoms with Crippen molar-refractivity contribution in [2.24, 2.45) is 0 Å². The van der Waals surface area contributed by atoms with Crippen LogP contribution in [0.1, 0.15) is 17.3 Å². The molecule has 0 spiro atoms. The van der Waals surface area contributed by atoms with Crippen LogP contribution in [0.15, 0.2) is 48.5 Å². The zero-order valence-corrected chi connectivity index (χ0v) is 11.9. The first-order chi connectivity index (χ1) is 9.76. The zero-order chi connectivity index (χ0) is 14.1. The normalized spacial score (nSPS) is 10.9. The zero-order valence-electron chi connectivity index (χ0n) is 11.1. The van der Waals surface area contributed by atoms with Crippen molar-refractivity contribution in [2.75, 3.05) is 0 Å². The summed E-state index contributed by atoms with van der Waals surface area (Å²) in [7, 11) is 0. The van der Waals surface area contributed by atoms with Crippen molar-refractivity contribution in [3.63, 3.8) is 0 Å². The molecular weight excluding hydrogens is 270 g/mol. The summed E-state index contributed by atoms with van der Waals surface area (Å²) in [4.78, 5) is 11.6. The van der Waals surface area contributed by atoms with E-state index in [1.54, 1.807) is 0 Å². The van der Waals surface area contributed by atoms with Crippen LogP contribution in [0.2, 0.25) is 5.02 Å². The number of fused-ring (bicyclic) bond motifs is 1. The van der Waals surface area contributed by atoms with Crippen molar-refractivity contribution in [3.05, 3.63) is 59.1 Å². The van der Waals surface area contributed by atoms with Gasteiger partial charge in [0.15, 0.2) is 6.29 Å². The van der Waals surface area contributed by atoms with Crippen molar-refractivity contribution in [1.29, 1.82) is 0 Å². The fourth-order valence-corrected chi connectivity index (χ4v) is 2.88. The minimum absolute atomic E-state index is 0.647. The Morgan fingerprint density at radius 1 is 1.15 bits per heavy atom. The number of benzene rings is 2. The van der Waals surface area contributed by atoms with Crippen LogP contribution in [-0.4, -0.2) is 10.9 Å². The van der Waals surface area contributed by atoms with E-state index < -0.39 is 0 Å². The number of carbonyl (C=O) groups is 1. The summed E-state index contributed by atoms with van der Waals surface area (Å²) >= 11 is 6.07. The third-order valence-corrected chi connectivity index (χ3v) is 3.78. The summed E-state index contributed by atoms with van der Waals surface area (Å²) in [5.74, 6) is 0. The standard InChI is InChI=1S/C17H14ClNO/c1-2-19-16-9-8-13(18)10-14(16)15(11-20)17(19)12-6-4-3-5-7-12/h3-11H,2H2,1H3. The number of aromatic nitrogens is 1. The molecule has 0 bridgehead atoms. The van der Waals surface area contributed by atoms with E-state index in [9.17, 15) is 4.79 Å². The predicted octanol–water partition coefficient (Wildman–Crippen LogP) is 4.79. The van der Waals surface area contributed by atoms with Gasteiger partial charge in [0.2, 0.25) is 0 Å². The van der Waals surface area contributed by atoms with Crippen molar-refractivity contribution < 1.29 is 4.79 Å². The molecule has 20 heavy (non-hydrogen) atoms. The molecule has 1 heterocycles. The number of rotatable bonds is 3. The molecule has 2 nitrogen and oxygen atoms in total. The van der Waals surface area contributed by atoms with Gasteiger partial charge in [0, 0.05) is 28.0 Å². The summed E-state index contributed by atoms with van der Waals surface area (Å²) in [5, 5.41) is 1.56. The number of aryl methyl sites for hydroxylation is 1. The SMILES string of the molecule is CCn1c(-c2ccccc2)c(C=O)c2cc(Cl)ccc21. The summed E-state index contributed by atoms with van der Waals surface area (Å²) in [6, 6.07) is 15.7. The Kier molecular flexibility index (Phi) is 3.33. The van der Waals surface area contributed by atoms with Gasteiger partial charge in [0.05, 0.1) is 5.69 Å². The van der Waals surface area contributed by atoms with Crippen molar-refractivity contribution in [1.82, 2.24) is 4.57 Å². The first kappa shape index (κ1) is 12.9. The molecule has 0 amide bonds. The van der Waals surface area contributed by atoms with Crippen LogP contribution in [-0.2, 0) is 6.54 Å². The summed E-state index contributed by atoms with van der Waals surface area (Å²) in [6.45, 7) is 2.88. The second-order valence-electron chi connectivity index (χ2n) is 4.65. The highest BCUT2D eigenvalue weighted by Gasteiger charge is 2.17. The maximum absolute atomic E-state index is 11.6. The lowest BCUT2D eigenvalue weighted by atomic mass is 10.1. The maximum Gasteiger partial charge on any atom is 0.152 e. The van der Waals surface area contributed by atoms with E-state index in [2.05, 4.69) is 11.5 Å². The van der Waals surface area contributed by atoms with Gasteiger partial charge < -0.3 is 4.57 Å². The topological polar surface area (TPSA) is 22.0 Å². The number of nitrogens with zero attached hydrogens (tertiary/aromatic N) is 1. The molecule has 0 aliphatic carbocycles. The van der Waals surface area contributed by atoms with E-state index in [-0.39, 0.29) is 0 Å². The van der Waals surface area contributed by atoms with Crippen LogP contribution >= 0.6 is 11.6 Å². The highest BCUT2D eigenvalue weighted by Crippen LogP contribution is 2.34. The number of hydrogen-bond donors (Lipinski definition) is 0. The molecule has 0 fully saturated rings. The molecule has 3 rings (SSSR count). The smallest absolute Gasteiger partial charge is 0.152 e. The maximum atomic E-state index is 11.6. The fourth-order valence-electron chi connectivity index (χ4n) is 2.71. The van der Waals surface area contributed by atoms with Crippen LogP contribution in [0, 0.1) is 0 Å². The Hall–Kier alpha value is -2.06. The van der Waals surface area contributed by atoms with E-state index in [1.165, 1.54) is 0 Å². The molecule has 0 saturated carbocycles. The molecular formula is C17H14ClNO. The Morgan fingerprint density at radius 3 is 2.55 bits per heavy atom. The van der Waals surface area contributed by atoms with Gasteiger partial charge in [-0.2, -0.15) is 0 Å². The molecule has 2 aromatic carbocycles. The van der Waals surface area contributed by atoms with E-state index in [1.807, 2.05) is 48.5 Å².